The van der Waals surface area contributed by atoms with Crippen molar-refractivity contribution in [3.05, 3.63) is 90.2 Å². The van der Waals surface area contributed by atoms with Crippen LogP contribution in [0.25, 0.3) is 11.1 Å². The molecule has 2 heterocycles. The summed E-state index contributed by atoms with van der Waals surface area (Å²) in [5.41, 5.74) is 5.45. The third-order valence-corrected chi connectivity index (χ3v) is 8.03. The molecular formula is C32H33NO7. The molecule has 0 N–H and O–H groups in total. The predicted octanol–water partition coefficient (Wildman–Crippen LogP) is 5.39. The number of benzene rings is 2. The van der Waals surface area contributed by atoms with Crippen LogP contribution < -0.4 is 4.74 Å². The maximum Gasteiger partial charge on any atom is 0.508 e. The van der Waals surface area contributed by atoms with E-state index in [2.05, 4.69) is 38.3 Å². The van der Waals surface area contributed by atoms with Crippen LogP contribution >= 0.6 is 0 Å². The molecule has 0 spiro atoms. The first-order valence-corrected chi connectivity index (χ1v) is 13.4. The van der Waals surface area contributed by atoms with Gasteiger partial charge in [-0.15, -0.1) is 0 Å². The van der Waals surface area contributed by atoms with E-state index in [9.17, 15) is 14.4 Å². The van der Waals surface area contributed by atoms with Crippen LogP contribution in [-0.4, -0.2) is 54.9 Å². The second-order valence-corrected chi connectivity index (χ2v) is 10.3. The molecule has 1 fully saturated rings. The van der Waals surface area contributed by atoms with E-state index in [1.54, 1.807) is 6.92 Å². The van der Waals surface area contributed by atoms with E-state index in [4.69, 9.17) is 18.9 Å². The fourth-order valence-corrected chi connectivity index (χ4v) is 6.14. The number of esters is 1. The van der Waals surface area contributed by atoms with E-state index in [0.29, 0.717) is 11.3 Å². The van der Waals surface area contributed by atoms with Gasteiger partial charge in [-0.05, 0) is 29.7 Å². The molecule has 208 valence electrons. The van der Waals surface area contributed by atoms with E-state index in [1.165, 1.54) is 28.2 Å². The molecule has 5 unspecified atom stereocenters. The largest absolute Gasteiger partial charge is 0.508 e. The minimum atomic E-state index is -0.876. The summed E-state index contributed by atoms with van der Waals surface area (Å²) in [4.78, 5) is 40.0. The van der Waals surface area contributed by atoms with Crippen molar-refractivity contribution >= 4 is 18.0 Å². The third kappa shape index (κ3) is 4.47. The summed E-state index contributed by atoms with van der Waals surface area (Å²) in [6, 6.07) is 13.9. The van der Waals surface area contributed by atoms with Crippen LogP contribution in [-0.2, 0) is 23.8 Å². The highest BCUT2D eigenvalue weighted by Crippen LogP contribution is 2.50. The molecule has 5 atom stereocenters. The van der Waals surface area contributed by atoms with Crippen molar-refractivity contribution in [3.8, 4) is 16.9 Å². The van der Waals surface area contributed by atoms with Gasteiger partial charge >= 0.3 is 12.1 Å². The number of β-lactam (4-membered cyclic amide) rings is 1. The second kappa shape index (κ2) is 11.0. The first kappa shape index (κ1) is 27.2. The maximum atomic E-state index is 13.3. The molecule has 8 heteroatoms. The highest BCUT2D eigenvalue weighted by molar-refractivity contribution is 6.01. The van der Waals surface area contributed by atoms with E-state index < -0.39 is 24.1 Å². The number of rotatable bonds is 10. The molecule has 1 aliphatic carbocycles. The molecule has 1 saturated heterocycles. The minimum absolute atomic E-state index is 0.00486. The lowest BCUT2D eigenvalue weighted by Gasteiger charge is -2.47. The molecule has 40 heavy (non-hydrogen) atoms. The van der Waals surface area contributed by atoms with Gasteiger partial charge in [-0.3, -0.25) is 4.79 Å². The zero-order valence-corrected chi connectivity index (χ0v) is 22.9. The maximum absolute atomic E-state index is 13.3. The number of ether oxygens (including phenoxy) is 4. The van der Waals surface area contributed by atoms with Crippen LogP contribution in [0.15, 0.2) is 79.0 Å². The monoisotopic (exact) mass is 543 g/mol. The molecule has 3 aliphatic rings. The Bertz CT molecular complexity index is 1410. The molecule has 5 rings (SSSR count). The SMILES string of the molecule is C=CCOC(=O)OC(C)C1C(=O)N2C(C(=O)OCC=C)=C(COc3cccc4c3-c3ccccc3C4C)C(C)C12. The van der Waals surface area contributed by atoms with Crippen molar-refractivity contribution < 1.29 is 33.3 Å². The zero-order valence-electron chi connectivity index (χ0n) is 22.9. The lowest BCUT2D eigenvalue weighted by molar-refractivity contribution is -0.164. The molecule has 2 aliphatic heterocycles. The summed E-state index contributed by atoms with van der Waals surface area (Å²) in [5, 5.41) is 0. The van der Waals surface area contributed by atoms with E-state index in [1.807, 2.05) is 31.2 Å². The summed E-state index contributed by atoms with van der Waals surface area (Å²) in [6.45, 7) is 13.0. The van der Waals surface area contributed by atoms with Crippen molar-refractivity contribution in [1.29, 1.82) is 0 Å². The van der Waals surface area contributed by atoms with Crippen LogP contribution in [0.3, 0.4) is 0 Å². The molecule has 2 aromatic carbocycles. The third-order valence-electron chi connectivity index (χ3n) is 8.03. The van der Waals surface area contributed by atoms with Gasteiger partial charge in [0.1, 0.15) is 37.4 Å². The standard InChI is InChI=1S/C32H33NO7/c1-6-15-37-31(35)29-24(19(4)28-26(30(34)33(28)29)20(5)40-32(36)38-16-7-2)17-39-25-14-10-13-22-18(3)21-11-8-9-12-23(21)27(22)25/h6-14,18-20,26,28H,1-2,15-17H2,3-5H3. The van der Waals surface area contributed by atoms with Gasteiger partial charge in [0.05, 0.1) is 12.0 Å². The molecule has 1 amide bonds. The Balaban J connectivity index is 1.42. The molecule has 0 radical (unpaired) electrons. The first-order valence-electron chi connectivity index (χ1n) is 13.4. The normalized spacial score (nSPS) is 22.9. The Labute approximate surface area is 233 Å². The molecule has 8 nitrogen and oxygen atoms in total. The Morgan fingerprint density at radius 1 is 1.00 bits per heavy atom. The summed E-state index contributed by atoms with van der Waals surface area (Å²) < 4.78 is 22.1. The Morgan fingerprint density at radius 2 is 1.70 bits per heavy atom. The summed E-state index contributed by atoms with van der Waals surface area (Å²) in [6.07, 6.45) is 1.27. The Morgan fingerprint density at radius 3 is 2.45 bits per heavy atom. The molecule has 0 bridgehead atoms. The summed E-state index contributed by atoms with van der Waals surface area (Å²) in [5.74, 6) is -0.858. The second-order valence-electron chi connectivity index (χ2n) is 10.3. The molecule has 0 aromatic heterocycles. The van der Waals surface area contributed by atoms with Crippen molar-refractivity contribution in [1.82, 2.24) is 4.90 Å². The van der Waals surface area contributed by atoms with Crippen LogP contribution in [0.4, 0.5) is 4.79 Å². The first-order chi connectivity index (χ1) is 19.3. The van der Waals surface area contributed by atoms with Gasteiger partial charge in [0.2, 0.25) is 5.91 Å². The number of hydrogen-bond acceptors (Lipinski definition) is 7. The van der Waals surface area contributed by atoms with Crippen molar-refractivity contribution in [3.63, 3.8) is 0 Å². The Kier molecular flexibility index (Phi) is 7.52. The van der Waals surface area contributed by atoms with Gasteiger partial charge in [0, 0.05) is 23.0 Å². The average Bonchev–Trinajstić information content (AvgIpc) is 3.38. The number of nitrogens with zero attached hydrogens (tertiary/aromatic N) is 1. The quantitative estimate of drug-likeness (QED) is 0.226. The smallest absolute Gasteiger partial charge is 0.488 e. The van der Waals surface area contributed by atoms with Crippen molar-refractivity contribution in [2.24, 2.45) is 11.8 Å². The number of fused-ring (bicyclic) bond motifs is 4. The van der Waals surface area contributed by atoms with Crippen molar-refractivity contribution in [2.45, 2.75) is 38.8 Å². The van der Waals surface area contributed by atoms with Gasteiger partial charge in [0.25, 0.3) is 0 Å². The van der Waals surface area contributed by atoms with Crippen LogP contribution in [0.2, 0.25) is 0 Å². The van der Waals surface area contributed by atoms with Crippen LogP contribution in [0.5, 0.6) is 5.75 Å². The van der Waals surface area contributed by atoms with Crippen LogP contribution in [0.1, 0.15) is 37.8 Å². The number of hydrogen-bond donors (Lipinski definition) is 0. The molecule has 2 aromatic rings. The van der Waals surface area contributed by atoms with E-state index in [-0.39, 0.29) is 49.3 Å². The van der Waals surface area contributed by atoms with Crippen molar-refractivity contribution in [2.75, 3.05) is 19.8 Å². The summed E-state index contributed by atoms with van der Waals surface area (Å²) >= 11 is 0. The van der Waals surface area contributed by atoms with Gasteiger partial charge in [-0.2, -0.15) is 0 Å². The lowest BCUT2D eigenvalue weighted by atomic mass is 9.77. The fourth-order valence-electron chi connectivity index (χ4n) is 6.14. The van der Waals surface area contributed by atoms with Crippen LogP contribution in [0, 0.1) is 11.8 Å². The van der Waals surface area contributed by atoms with Gasteiger partial charge in [0.15, 0.2) is 0 Å². The van der Waals surface area contributed by atoms with E-state index in [0.717, 1.165) is 11.1 Å². The molecular weight excluding hydrogens is 510 g/mol. The van der Waals surface area contributed by atoms with Gasteiger partial charge < -0.3 is 23.8 Å². The number of amides is 1. The summed E-state index contributed by atoms with van der Waals surface area (Å²) in [7, 11) is 0. The number of carbonyl (C=O) groups excluding carboxylic acids is 3. The molecule has 0 saturated carbocycles. The van der Waals surface area contributed by atoms with Gasteiger partial charge in [-0.1, -0.05) is 75.6 Å². The predicted molar refractivity (Wildman–Crippen MR) is 148 cm³/mol. The highest BCUT2D eigenvalue weighted by Gasteiger charge is 2.61. The highest BCUT2D eigenvalue weighted by atomic mass is 16.7. The zero-order chi connectivity index (χ0) is 28.6. The Hall–Kier alpha value is -4.33. The minimum Gasteiger partial charge on any atom is -0.488 e. The van der Waals surface area contributed by atoms with Gasteiger partial charge in [-0.25, -0.2) is 9.59 Å². The average molecular weight is 544 g/mol. The number of carbonyl (C=O) groups is 3. The lowest BCUT2D eigenvalue weighted by Crippen LogP contribution is -2.64. The topological polar surface area (TPSA) is 91.4 Å². The van der Waals surface area contributed by atoms with E-state index >= 15 is 0 Å². The fraction of sp³-hybridized carbons (Fsp3) is 0.344.